The van der Waals surface area contributed by atoms with Crippen LogP contribution in [0.1, 0.15) is 36.8 Å². The molecule has 12 heteroatoms. The first-order chi connectivity index (χ1) is 19.6. The first kappa shape index (κ1) is 33.5. The molecule has 0 heterocycles. The lowest BCUT2D eigenvalue weighted by Gasteiger charge is -2.25. The molecule has 0 aliphatic rings. The van der Waals surface area contributed by atoms with E-state index in [2.05, 4.69) is 10.6 Å². The number of aliphatic carboxylic acids is 2. The van der Waals surface area contributed by atoms with E-state index in [0.29, 0.717) is 19.3 Å². The highest BCUT2D eigenvalue weighted by Crippen LogP contribution is 2.24. The van der Waals surface area contributed by atoms with Crippen LogP contribution in [-0.4, -0.2) is 80.6 Å². The largest absolute Gasteiger partial charge is 0.480 e. The van der Waals surface area contributed by atoms with Crippen LogP contribution in [0, 0.1) is 0 Å². The number of nitrogens with two attached hydrogens (primary N) is 1. The van der Waals surface area contributed by atoms with Crippen LogP contribution < -0.4 is 16.4 Å². The minimum absolute atomic E-state index is 0.0648. The lowest BCUT2D eigenvalue weighted by molar-refractivity contribution is -0.139. The Hall–Kier alpha value is -3.74. The van der Waals surface area contributed by atoms with Gasteiger partial charge in [0.05, 0.1) is 0 Å². The van der Waals surface area contributed by atoms with Crippen molar-refractivity contribution in [3.63, 3.8) is 0 Å². The van der Waals surface area contributed by atoms with Gasteiger partial charge in [0.15, 0.2) is 5.78 Å². The Balaban J connectivity index is 2.12. The fourth-order valence-corrected chi connectivity index (χ4v) is 5.21. The molecule has 0 bridgehead atoms. The highest BCUT2D eigenvalue weighted by molar-refractivity contribution is 8.00. The molecule has 0 spiro atoms. The maximum Gasteiger partial charge on any atom is 0.322 e. The molecule has 0 fully saturated rings. The van der Waals surface area contributed by atoms with E-state index in [1.54, 1.807) is 0 Å². The number of aliphatic hydroxyl groups excluding tert-OH is 1. The number of hydrogen-bond acceptors (Lipinski definition) is 8. The normalized spacial score (nSPS) is 13.8. The van der Waals surface area contributed by atoms with E-state index in [4.69, 9.17) is 15.9 Å². The van der Waals surface area contributed by atoms with Crippen LogP contribution in [0.15, 0.2) is 60.7 Å². The second-order valence-corrected chi connectivity index (χ2v) is 10.8. The maximum atomic E-state index is 13.0. The molecule has 0 saturated carbocycles. The number of hydrogen-bond donors (Lipinski definition) is 6. The number of Topliss-reactive ketones (excluding diaryl/α,β-unsaturated/α-hetero) is 1. The summed E-state index contributed by atoms with van der Waals surface area (Å²) in [5.41, 5.74) is 7.41. The zero-order valence-electron chi connectivity index (χ0n) is 22.6. The molecule has 7 N–H and O–H groups in total. The maximum absolute atomic E-state index is 13.0. The number of rotatable bonds is 19. The summed E-state index contributed by atoms with van der Waals surface area (Å²) >= 11 is 1.13. The molecule has 0 saturated heterocycles. The number of benzene rings is 2. The summed E-state index contributed by atoms with van der Waals surface area (Å²) in [6.45, 7) is -0.669. The summed E-state index contributed by atoms with van der Waals surface area (Å²) in [6.07, 6.45) is -0.225. The number of carboxylic acid groups (broad SMARTS) is 2. The molecule has 0 aliphatic heterocycles. The molecule has 11 nitrogen and oxygen atoms in total. The summed E-state index contributed by atoms with van der Waals surface area (Å²) < 4.78 is 0. The Morgan fingerprint density at radius 3 is 1.98 bits per heavy atom. The molecule has 41 heavy (non-hydrogen) atoms. The van der Waals surface area contributed by atoms with Crippen molar-refractivity contribution in [1.29, 1.82) is 0 Å². The molecule has 0 radical (unpaired) electrons. The fraction of sp³-hybridized carbons (Fsp3) is 0.414. The van der Waals surface area contributed by atoms with Crippen LogP contribution in [0.25, 0.3) is 0 Å². The van der Waals surface area contributed by atoms with E-state index in [1.807, 2.05) is 60.7 Å². The third-order valence-electron chi connectivity index (χ3n) is 6.29. The first-order valence-corrected chi connectivity index (χ1v) is 14.3. The van der Waals surface area contributed by atoms with Crippen molar-refractivity contribution in [3.05, 3.63) is 71.8 Å². The van der Waals surface area contributed by atoms with Gasteiger partial charge in [-0.2, -0.15) is 11.8 Å². The zero-order chi connectivity index (χ0) is 30.2. The molecule has 2 rings (SSSR count). The fourth-order valence-electron chi connectivity index (χ4n) is 3.92. The Labute approximate surface area is 242 Å². The Bertz CT molecular complexity index is 1150. The van der Waals surface area contributed by atoms with Gasteiger partial charge in [0.1, 0.15) is 24.7 Å². The number of carbonyl (C=O) groups excluding carboxylic acids is 3. The number of carbonyl (C=O) groups is 5. The summed E-state index contributed by atoms with van der Waals surface area (Å²) in [7, 11) is 0. The van der Waals surface area contributed by atoms with Crippen molar-refractivity contribution in [2.75, 3.05) is 12.3 Å². The molecule has 0 aromatic heterocycles. The highest BCUT2D eigenvalue weighted by Gasteiger charge is 2.29. The van der Waals surface area contributed by atoms with Crippen molar-refractivity contribution in [2.24, 2.45) is 5.73 Å². The number of aryl methyl sites for hydroxylation is 2. The second-order valence-electron chi connectivity index (χ2n) is 9.51. The lowest BCUT2D eigenvalue weighted by Crippen LogP contribution is -2.50. The van der Waals surface area contributed by atoms with Crippen LogP contribution in [0.2, 0.25) is 0 Å². The second kappa shape index (κ2) is 17.8. The van der Waals surface area contributed by atoms with E-state index in [-0.39, 0.29) is 30.8 Å². The van der Waals surface area contributed by atoms with Gasteiger partial charge in [0, 0.05) is 23.8 Å². The van der Waals surface area contributed by atoms with Gasteiger partial charge in [-0.15, -0.1) is 0 Å². The molecule has 4 atom stereocenters. The van der Waals surface area contributed by atoms with Gasteiger partial charge >= 0.3 is 11.9 Å². The van der Waals surface area contributed by atoms with Crippen LogP contribution in [0.4, 0.5) is 0 Å². The van der Waals surface area contributed by atoms with E-state index in [1.165, 1.54) is 0 Å². The van der Waals surface area contributed by atoms with E-state index in [0.717, 1.165) is 22.9 Å². The molecule has 0 aliphatic carbocycles. The number of amides is 2. The van der Waals surface area contributed by atoms with Crippen LogP contribution in [0.5, 0.6) is 0 Å². The average Bonchev–Trinajstić information content (AvgIpc) is 2.97. The summed E-state index contributed by atoms with van der Waals surface area (Å²) in [5.74, 6) is -4.36. The minimum Gasteiger partial charge on any atom is -0.480 e. The van der Waals surface area contributed by atoms with Gasteiger partial charge in [0.2, 0.25) is 11.8 Å². The van der Waals surface area contributed by atoms with E-state index in [9.17, 15) is 29.1 Å². The molecule has 4 unspecified atom stereocenters. The number of ketones is 1. The van der Waals surface area contributed by atoms with Gasteiger partial charge in [0.25, 0.3) is 0 Å². The molecular formula is C29H37N3O8S. The minimum atomic E-state index is -1.33. The van der Waals surface area contributed by atoms with Gasteiger partial charge in [-0.05, 0) is 36.8 Å². The zero-order valence-corrected chi connectivity index (χ0v) is 23.4. The SMILES string of the molecule is NC(CCC(=O)NC(CSC(CCc1ccccc1)C(O)C(=O)CCc1ccccc1)C(=O)NCC(=O)O)C(=O)O. The topological polar surface area (TPSA) is 196 Å². The number of nitrogens with one attached hydrogen (secondary N) is 2. The molecule has 2 aromatic rings. The predicted octanol–water partition coefficient (Wildman–Crippen LogP) is 1.16. The van der Waals surface area contributed by atoms with Gasteiger partial charge < -0.3 is 31.7 Å². The van der Waals surface area contributed by atoms with Crippen molar-refractivity contribution >= 4 is 41.3 Å². The summed E-state index contributed by atoms with van der Waals surface area (Å²) in [4.78, 5) is 60.1. The van der Waals surface area contributed by atoms with Gasteiger partial charge in [-0.1, -0.05) is 60.7 Å². The third kappa shape index (κ3) is 13.0. The molecule has 2 aromatic carbocycles. The van der Waals surface area contributed by atoms with Gasteiger partial charge in [-0.25, -0.2) is 0 Å². The quantitative estimate of drug-likeness (QED) is 0.139. The molecular weight excluding hydrogens is 550 g/mol. The first-order valence-electron chi connectivity index (χ1n) is 13.2. The van der Waals surface area contributed by atoms with Crippen LogP contribution in [-0.2, 0) is 36.8 Å². The Morgan fingerprint density at radius 2 is 1.41 bits per heavy atom. The number of carboxylic acids is 2. The Kier molecular flexibility index (Phi) is 14.6. The monoisotopic (exact) mass is 587 g/mol. The van der Waals surface area contributed by atoms with Crippen molar-refractivity contribution in [3.8, 4) is 0 Å². The predicted molar refractivity (Wildman–Crippen MR) is 154 cm³/mol. The number of aliphatic hydroxyl groups is 1. The Morgan fingerprint density at radius 1 is 0.829 bits per heavy atom. The smallest absolute Gasteiger partial charge is 0.322 e. The van der Waals surface area contributed by atoms with Crippen LogP contribution in [0.3, 0.4) is 0 Å². The highest BCUT2D eigenvalue weighted by atomic mass is 32.2. The summed E-state index contributed by atoms with van der Waals surface area (Å²) in [5, 5.41) is 33.0. The van der Waals surface area contributed by atoms with Crippen molar-refractivity contribution < 1.29 is 39.3 Å². The van der Waals surface area contributed by atoms with Crippen LogP contribution >= 0.6 is 11.8 Å². The van der Waals surface area contributed by atoms with E-state index >= 15 is 0 Å². The molecule has 2 amide bonds. The number of thioether (sulfide) groups is 1. The molecule has 222 valence electrons. The third-order valence-corrected chi connectivity index (χ3v) is 7.73. The van der Waals surface area contributed by atoms with E-state index < -0.39 is 53.7 Å². The summed E-state index contributed by atoms with van der Waals surface area (Å²) in [6, 6.07) is 16.4. The van der Waals surface area contributed by atoms with Crippen molar-refractivity contribution in [2.45, 2.75) is 62.0 Å². The standard InChI is InChI=1S/C29H37N3O8S/c30-21(29(39)40)13-16-25(34)32-22(28(38)31-17-26(35)36)18-41-24(15-12-20-9-5-2-6-10-20)27(37)23(33)14-11-19-7-3-1-4-8-19/h1-10,21-22,24,27,37H,11-18,30H2,(H,31,38)(H,32,34)(H,35,36)(H,39,40). The lowest BCUT2D eigenvalue weighted by atomic mass is 9.99. The van der Waals surface area contributed by atoms with Crippen molar-refractivity contribution in [1.82, 2.24) is 10.6 Å². The average molecular weight is 588 g/mol. The van der Waals surface area contributed by atoms with Gasteiger partial charge in [-0.3, -0.25) is 24.0 Å².